The topological polar surface area (TPSA) is 210 Å². The van der Waals surface area contributed by atoms with Gasteiger partial charge in [0.05, 0.1) is 6.61 Å². The Hall–Kier alpha value is -2.19. The first-order valence-corrected chi connectivity index (χ1v) is 26.9. The molecule has 65 heavy (non-hydrogen) atoms. The van der Waals surface area contributed by atoms with Crippen LogP contribution in [0.15, 0.2) is 48.6 Å². The maximum atomic E-state index is 12.8. The molecule has 8 atom stereocenters. The minimum atomic E-state index is -5.14. The molecule has 6 unspecified atom stereocenters. The van der Waals surface area contributed by atoms with Crippen molar-refractivity contribution in [3.05, 3.63) is 48.6 Å². The monoisotopic (exact) mass is 943 g/mol. The largest absolute Gasteiger partial charge is 0.472 e. The molecule has 0 aromatic carbocycles. The average molecular weight is 943 g/mol. The van der Waals surface area contributed by atoms with Crippen LogP contribution in [0, 0.1) is 0 Å². The smallest absolute Gasteiger partial charge is 0.462 e. The Labute approximate surface area is 392 Å². The minimum absolute atomic E-state index is 0.0217. The second-order valence-electron chi connectivity index (χ2n) is 17.7. The summed E-state index contributed by atoms with van der Waals surface area (Å²) in [5, 5.41) is 50.2. The van der Waals surface area contributed by atoms with Crippen LogP contribution in [0.2, 0.25) is 0 Å². The molecule has 1 rings (SSSR count). The molecular formula is C51H91O13P. The van der Waals surface area contributed by atoms with Crippen molar-refractivity contribution in [1.82, 2.24) is 0 Å². The highest BCUT2D eigenvalue weighted by Crippen LogP contribution is 2.47. The van der Waals surface area contributed by atoms with E-state index in [4.69, 9.17) is 18.5 Å². The number of aliphatic hydroxyl groups excluding tert-OH is 5. The number of rotatable bonds is 42. The molecule has 1 aliphatic rings. The van der Waals surface area contributed by atoms with Crippen molar-refractivity contribution in [2.75, 3.05) is 13.2 Å². The molecule has 0 heterocycles. The van der Waals surface area contributed by atoms with Gasteiger partial charge in [0.15, 0.2) is 6.10 Å². The zero-order chi connectivity index (χ0) is 47.8. The van der Waals surface area contributed by atoms with Gasteiger partial charge in [0, 0.05) is 12.8 Å². The summed E-state index contributed by atoms with van der Waals surface area (Å²) in [5.41, 5.74) is 0. The average Bonchev–Trinajstić information content (AvgIpc) is 3.29. The van der Waals surface area contributed by atoms with Crippen LogP contribution < -0.4 is 0 Å². The maximum absolute atomic E-state index is 12.8. The van der Waals surface area contributed by atoms with E-state index in [1.807, 2.05) is 12.2 Å². The zero-order valence-electron chi connectivity index (χ0n) is 40.3. The molecule has 0 aromatic rings. The summed E-state index contributed by atoms with van der Waals surface area (Å²) in [6.07, 6.45) is 36.0. The van der Waals surface area contributed by atoms with Crippen LogP contribution in [0.5, 0.6) is 0 Å². The van der Waals surface area contributed by atoms with Crippen molar-refractivity contribution in [1.29, 1.82) is 0 Å². The molecule has 0 saturated heterocycles. The SMILES string of the molecule is CCCCCCCCC/C=C/C/C=C/C/C=C/C/C=C/CCCC(=O)O[C@H](COC(=O)CCCCCCCCCCCCCCCCC)COP(=O)(O)OC1C(O)C(O)C(O)[C@@H](O)C1O. The summed E-state index contributed by atoms with van der Waals surface area (Å²) in [5.74, 6) is -1.16. The first-order valence-electron chi connectivity index (χ1n) is 25.4. The first-order chi connectivity index (χ1) is 31.4. The molecule has 6 N–H and O–H groups in total. The number of carbonyl (C=O) groups excluding carboxylic acids is 2. The van der Waals surface area contributed by atoms with Crippen LogP contribution in [-0.4, -0.2) is 98.3 Å². The maximum Gasteiger partial charge on any atom is 0.472 e. The van der Waals surface area contributed by atoms with Gasteiger partial charge in [-0.15, -0.1) is 0 Å². The summed E-state index contributed by atoms with van der Waals surface area (Å²) in [6, 6.07) is 0. The van der Waals surface area contributed by atoms with E-state index in [1.54, 1.807) is 0 Å². The number of allylic oxidation sites excluding steroid dienone is 8. The lowest BCUT2D eigenvalue weighted by Crippen LogP contribution is -2.64. The number of phosphoric acid groups is 1. The van der Waals surface area contributed by atoms with Gasteiger partial charge >= 0.3 is 19.8 Å². The van der Waals surface area contributed by atoms with Gasteiger partial charge in [0.25, 0.3) is 0 Å². The molecule has 0 spiro atoms. The lowest BCUT2D eigenvalue weighted by molar-refractivity contribution is -0.220. The normalized spacial score (nSPS) is 21.8. The number of aliphatic hydroxyl groups is 5. The van der Waals surface area contributed by atoms with Crippen LogP contribution >= 0.6 is 7.82 Å². The van der Waals surface area contributed by atoms with E-state index in [0.717, 1.165) is 44.9 Å². The fraction of sp³-hybridized carbons (Fsp3) is 0.804. The molecule has 1 aliphatic carbocycles. The summed E-state index contributed by atoms with van der Waals surface area (Å²) in [7, 11) is -5.14. The second kappa shape index (κ2) is 40.8. The summed E-state index contributed by atoms with van der Waals surface area (Å²) in [4.78, 5) is 35.8. The van der Waals surface area contributed by atoms with E-state index in [9.17, 15) is 44.6 Å². The molecule has 0 radical (unpaired) electrons. The van der Waals surface area contributed by atoms with E-state index in [2.05, 4.69) is 50.3 Å². The van der Waals surface area contributed by atoms with E-state index in [1.165, 1.54) is 116 Å². The van der Waals surface area contributed by atoms with Crippen molar-refractivity contribution < 1.29 is 63.1 Å². The lowest BCUT2D eigenvalue weighted by atomic mass is 9.85. The first kappa shape index (κ1) is 60.8. The van der Waals surface area contributed by atoms with Crippen LogP contribution in [-0.2, 0) is 32.7 Å². The Morgan fingerprint density at radius 3 is 1.31 bits per heavy atom. The van der Waals surface area contributed by atoms with Gasteiger partial charge in [-0.3, -0.25) is 18.6 Å². The summed E-state index contributed by atoms with van der Waals surface area (Å²) >= 11 is 0. The molecule has 1 saturated carbocycles. The molecule has 378 valence electrons. The zero-order valence-corrected chi connectivity index (χ0v) is 41.2. The third-order valence-electron chi connectivity index (χ3n) is 11.7. The van der Waals surface area contributed by atoms with E-state index < -0.39 is 75.7 Å². The van der Waals surface area contributed by atoms with Gasteiger partial charge in [-0.05, 0) is 51.4 Å². The number of hydrogen-bond donors (Lipinski definition) is 6. The molecule has 13 nitrogen and oxygen atoms in total. The Kier molecular flexibility index (Phi) is 38.2. The number of hydrogen-bond acceptors (Lipinski definition) is 12. The van der Waals surface area contributed by atoms with E-state index >= 15 is 0 Å². The highest BCUT2D eigenvalue weighted by molar-refractivity contribution is 7.47. The van der Waals surface area contributed by atoms with Crippen molar-refractivity contribution in [3.63, 3.8) is 0 Å². The second-order valence-corrected chi connectivity index (χ2v) is 19.1. The molecule has 0 amide bonds. The third kappa shape index (κ3) is 33.0. The predicted molar refractivity (Wildman–Crippen MR) is 258 cm³/mol. The fourth-order valence-corrected chi connectivity index (χ4v) is 8.55. The molecule has 0 aromatic heterocycles. The quantitative estimate of drug-likeness (QED) is 0.0146. The van der Waals surface area contributed by atoms with Gasteiger partial charge in [-0.1, -0.05) is 191 Å². The number of phosphoric ester groups is 1. The van der Waals surface area contributed by atoms with Crippen molar-refractivity contribution >= 4 is 19.8 Å². The van der Waals surface area contributed by atoms with Crippen LogP contribution in [0.25, 0.3) is 0 Å². The van der Waals surface area contributed by atoms with E-state index in [-0.39, 0.29) is 12.8 Å². The number of esters is 2. The number of carbonyl (C=O) groups is 2. The van der Waals surface area contributed by atoms with Gasteiger partial charge in [0.2, 0.25) is 0 Å². The molecule has 14 heteroatoms. The fourth-order valence-electron chi connectivity index (χ4n) is 7.58. The van der Waals surface area contributed by atoms with Gasteiger partial charge < -0.3 is 39.9 Å². The highest BCUT2D eigenvalue weighted by Gasteiger charge is 2.51. The third-order valence-corrected chi connectivity index (χ3v) is 12.7. The van der Waals surface area contributed by atoms with E-state index in [0.29, 0.717) is 19.3 Å². The van der Waals surface area contributed by atoms with Crippen LogP contribution in [0.4, 0.5) is 0 Å². The van der Waals surface area contributed by atoms with Gasteiger partial charge in [-0.2, -0.15) is 0 Å². The van der Waals surface area contributed by atoms with Crippen LogP contribution in [0.3, 0.4) is 0 Å². The Bertz CT molecular complexity index is 1320. The standard InChI is InChI=1S/C51H91O13P/c1-3-5-7-9-11-13-15-17-19-20-21-22-23-24-26-28-30-32-34-36-38-40-45(53)63-43(42-62-65(59,60)64-51-49(57)47(55)46(54)48(56)50(51)58)41-61-44(52)39-37-35-33-31-29-27-25-18-16-14-12-10-8-6-4-2/h19-20,22-23,26,28,32,34,43,46-51,54-58H,3-18,21,24-25,27,29-31,33,35-42H2,1-2H3,(H,59,60)/b20-19+,23-22+,28-26+,34-32+/t43-,46?,47-,48?,49?,50?,51?/m1/s1. The predicted octanol–water partition coefficient (Wildman–Crippen LogP) is 10.7. The van der Waals surface area contributed by atoms with Crippen LogP contribution in [0.1, 0.15) is 206 Å². The Morgan fingerprint density at radius 1 is 0.477 bits per heavy atom. The summed E-state index contributed by atoms with van der Waals surface area (Å²) < 4.78 is 33.5. The Balaban J connectivity index is 2.46. The highest BCUT2D eigenvalue weighted by atomic mass is 31.2. The molecule has 1 fully saturated rings. The van der Waals surface area contributed by atoms with Crippen molar-refractivity contribution in [2.45, 2.75) is 249 Å². The van der Waals surface area contributed by atoms with Gasteiger partial charge in [-0.25, -0.2) is 4.57 Å². The molecule has 0 aliphatic heterocycles. The Morgan fingerprint density at radius 2 is 0.846 bits per heavy atom. The van der Waals surface area contributed by atoms with Crippen molar-refractivity contribution in [2.24, 2.45) is 0 Å². The van der Waals surface area contributed by atoms with Gasteiger partial charge in [0.1, 0.15) is 43.2 Å². The number of ether oxygens (including phenoxy) is 2. The summed E-state index contributed by atoms with van der Waals surface area (Å²) in [6.45, 7) is 3.27. The minimum Gasteiger partial charge on any atom is -0.462 e. The number of unbranched alkanes of at least 4 members (excludes halogenated alkanes) is 22. The molecule has 0 bridgehead atoms. The molecular weight excluding hydrogens is 852 g/mol. The lowest BCUT2D eigenvalue weighted by Gasteiger charge is -2.41. The van der Waals surface area contributed by atoms with Crippen molar-refractivity contribution in [3.8, 4) is 0 Å².